The van der Waals surface area contributed by atoms with Crippen LogP contribution < -0.4 is 4.57 Å². The number of carbonyl (C=O) groups excluding carboxylic acids is 2. The standard InChI is InChI=1S/C23H22NO3S2/c1-3-15-28-23-20(24-13-9-6-10-14-24)18(16-19(25)27-4-2)22(29-23)21(26)17-11-7-5-8-12-17/h3,5-14H,1,4,15-16H2,2H3/q+1. The summed E-state index contributed by atoms with van der Waals surface area (Å²) >= 11 is 3.03. The molecule has 0 spiro atoms. The first-order valence-corrected chi connectivity index (χ1v) is 11.1. The first-order chi connectivity index (χ1) is 14.2. The number of hydrogen-bond acceptors (Lipinski definition) is 5. The normalized spacial score (nSPS) is 10.5. The van der Waals surface area contributed by atoms with E-state index in [1.807, 2.05) is 59.4 Å². The van der Waals surface area contributed by atoms with Gasteiger partial charge in [0, 0.05) is 23.4 Å². The fourth-order valence-corrected chi connectivity index (χ4v) is 5.24. The van der Waals surface area contributed by atoms with Gasteiger partial charge in [-0.15, -0.1) is 29.7 Å². The Labute approximate surface area is 178 Å². The maximum atomic E-state index is 13.3. The molecule has 2 heterocycles. The van der Waals surface area contributed by atoms with E-state index in [0.717, 1.165) is 9.90 Å². The number of thioether (sulfide) groups is 1. The number of esters is 1. The third-order valence-corrected chi connectivity index (χ3v) is 6.60. The van der Waals surface area contributed by atoms with Gasteiger partial charge < -0.3 is 4.74 Å². The zero-order chi connectivity index (χ0) is 20.6. The third kappa shape index (κ3) is 5.02. The number of nitrogens with zero attached hydrogens (tertiary/aromatic N) is 1. The molecule has 4 nitrogen and oxygen atoms in total. The largest absolute Gasteiger partial charge is 0.466 e. The van der Waals surface area contributed by atoms with E-state index in [-0.39, 0.29) is 18.2 Å². The Kier molecular flexibility index (Phi) is 7.38. The van der Waals surface area contributed by atoms with E-state index in [1.165, 1.54) is 11.3 Å². The van der Waals surface area contributed by atoms with Crippen LogP contribution in [-0.2, 0) is 16.0 Å². The van der Waals surface area contributed by atoms with Gasteiger partial charge in [0.1, 0.15) is 4.21 Å². The molecule has 0 aliphatic carbocycles. The van der Waals surface area contributed by atoms with Crippen molar-refractivity contribution in [3.8, 4) is 5.69 Å². The molecular weight excluding hydrogens is 402 g/mol. The van der Waals surface area contributed by atoms with E-state index in [9.17, 15) is 9.59 Å². The van der Waals surface area contributed by atoms with Crippen molar-refractivity contribution in [1.82, 2.24) is 0 Å². The molecule has 1 aromatic carbocycles. The number of aromatic nitrogens is 1. The zero-order valence-corrected chi connectivity index (χ0v) is 17.8. The topological polar surface area (TPSA) is 47.3 Å². The fourth-order valence-electron chi connectivity index (χ4n) is 2.90. The summed E-state index contributed by atoms with van der Waals surface area (Å²) in [4.78, 5) is 26.2. The van der Waals surface area contributed by atoms with Crippen LogP contribution in [0.15, 0.2) is 77.8 Å². The lowest BCUT2D eigenvalue weighted by atomic mass is 10.0. The first kappa shape index (κ1) is 21.0. The van der Waals surface area contributed by atoms with Gasteiger partial charge in [-0.3, -0.25) is 9.59 Å². The number of rotatable bonds is 9. The molecule has 2 aromatic heterocycles. The average molecular weight is 425 g/mol. The maximum Gasteiger partial charge on any atom is 0.310 e. The Balaban J connectivity index is 2.17. The first-order valence-electron chi connectivity index (χ1n) is 9.27. The lowest BCUT2D eigenvalue weighted by Crippen LogP contribution is -2.31. The van der Waals surface area contributed by atoms with Gasteiger partial charge >= 0.3 is 5.97 Å². The van der Waals surface area contributed by atoms with Gasteiger partial charge in [0.15, 0.2) is 12.4 Å². The highest BCUT2D eigenvalue weighted by molar-refractivity contribution is 8.01. The summed E-state index contributed by atoms with van der Waals surface area (Å²) in [5.74, 6) is 0.280. The van der Waals surface area contributed by atoms with Crippen LogP contribution in [0, 0.1) is 0 Å². The number of pyridine rings is 1. The molecular formula is C23H22NO3S2+. The summed E-state index contributed by atoms with van der Waals surface area (Å²) in [7, 11) is 0. The van der Waals surface area contributed by atoms with Crippen molar-refractivity contribution < 1.29 is 18.9 Å². The molecule has 0 fully saturated rings. The molecule has 6 heteroatoms. The van der Waals surface area contributed by atoms with Gasteiger partial charge in [-0.05, 0) is 6.92 Å². The van der Waals surface area contributed by atoms with Crippen LogP contribution in [0.2, 0.25) is 0 Å². The van der Waals surface area contributed by atoms with Gasteiger partial charge in [-0.2, -0.15) is 4.57 Å². The Bertz CT molecular complexity index is 998. The van der Waals surface area contributed by atoms with Crippen molar-refractivity contribution >= 4 is 34.9 Å². The molecule has 0 unspecified atom stereocenters. The molecule has 29 heavy (non-hydrogen) atoms. The van der Waals surface area contributed by atoms with Crippen LogP contribution in [0.1, 0.15) is 27.7 Å². The minimum absolute atomic E-state index is 0.0458. The molecule has 3 aromatic rings. The summed E-state index contributed by atoms with van der Waals surface area (Å²) in [6.45, 7) is 5.88. The highest BCUT2D eigenvalue weighted by Crippen LogP contribution is 2.38. The number of ketones is 1. The van der Waals surface area contributed by atoms with Crippen molar-refractivity contribution in [2.24, 2.45) is 0 Å². The van der Waals surface area contributed by atoms with Crippen LogP contribution in [0.3, 0.4) is 0 Å². The SMILES string of the molecule is C=CCSc1sc(C(=O)c2ccccc2)c(CC(=O)OCC)c1-[n+]1ccccc1. The van der Waals surface area contributed by atoms with E-state index in [0.29, 0.717) is 28.4 Å². The van der Waals surface area contributed by atoms with E-state index in [2.05, 4.69) is 6.58 Å². The van der Waals surface area contributed by atoms with Crippen molar-refractivity contribution in [2.45, 2.75) is 17.6 Å². The molecule has 148 valence electrons. The predicted molar refractivity (Wildman–Crippen MR) is 117 cm³/mol. The number of ether oxygens (including phenoxy) is 1. The maximum absolute atomic E-state index is 13.3. The smallest absolute Gasteiger partial charge is 0.310 e. The van der Waals surface area contributed by atoms with E-state index in [4.69, 9.17) is 4.74 Å². The lowest BCUT2D eigenvalue weighted by molar-refractivity contribution is -0.598. The van der Waals surface area contributed by atoms with E-state index < -0.39 is 0 Å². The monoisotopic (exact) mass is 424 g/mol. The number of hydrogen-bond donors (Lipinski definition) is 0. The Morgan fingerprint density at radius 2 is 1.83 bits per heavy atom. The minimum Gasteiger partial charge on any atom is -0.466 e. The van der Waals surface area contributed by atoms with Crippen LogP contribution in [0.25, 0.3) is 5.69 Å². The van der Waals surface area contributed by atoms with Crippen molar-refractivity contribution in [3.05, 3.63) is 89.6 Å². The quantitative estimate of drug-likeness (QED) is 0.165. The lowest BCUT2D eigenvalue weighted by Gasteiger charge is -2.05. The highest BCUT2D eigenvalue weighted by atomic mass is 32.2. The number of benzene rings is 1. The van der Waals surface area contributed by atoms with Crippen molar-refractivity contribution in [2.75, 3.05) is 12.4 Å². The van der Waals surface area contributed by atoms with Crippen molar-refractivity contribution in [1.29, 1.82) is 0 Å². The van der Waals surface area contributed by atoms with Gasteiger partial charge in [0.05, 0.1) is 23.5 Å². The highest BCUT2D eigenvalue weighted by Gasteiger charge is 2.31. The Hall–Kier alpha value is -2.70. The fraction of sp³-hybridized carbons (Fsp3) is 0.174. The molecule has 0 N–H and O–H groups in total. The predicted octanol–water partition coefficient (Wildman–Crippen LogP) is 4.64. The molecule has 0 aliphatic heterocycles. The summed E-state index contributed by atoms with van der Waals surface area (Å²) < 4.78 is 8.12. The van der Waals surface area contributed by atoms with Gasteiger partial charge in [-0.1, -0.05) is 42.5 Å². The van der Waals surface area contributed by atoms with Gasteiger partial charge in [0.25, 0.3) is 0 Å². The zero-order valence-electron chi connectivity index (χ0n) is 16.2. The van der Waals surface area contributed by atoms with Crippen LogP contribution >= 0.6 is 23.1 Å². The number of thiophene rings is 1. The van der Waals surface area contributed by atoms with Crippen molar-refractivity contribution in [3.63, 3.8) is 0 Å². The van der Waals surface area contributed by atoms with Gasteiger partial charge in [-0.25, -0.2) is 0 Å². The second kappa shape index (κ2) is 10.2. The third-order valence-electron chi connectivity index (χ3n) is 4.12. The van der Waals surface area contributed by atoms with Crippen LogP contribution in [0.5, 0.6) is 0 Å². The van der Waals surface area contributed by atoms with Gasteiger partial charge in [0.2, 0.25) is 11.5 Å². The Morgan fingerprint density at radius 3 is 2.48 bits per heavy atom. The summed E-state index contributed by atoms with van der Waals surface area (Å²) in [6.07, 6.45) is 5.72. The molecule has 0 saturated heterocycles. The second-order valence-electron chi connectivity index (χ2n) is 6.11. The molecule has 0 radical (unpaired) electrons. The molecule has 0 bridgehead atoms. The molecule has 0 atom stereocenters. The summed E-state index contributed by atoms with van der Waals surface area (Å²) in [6, 6.07) is 14.9. The van der Waals surface area contributed by atoms with E-state index >= 15 is 0 Å². The molecule has 0 aliphatic rings. The van der Waals surface area contributed by atoms with E-state index in [1.54, 1.807) is 30.8 Å². The van der Waals surface area contributed by atoms with Crippen LogP contribution in [0.4, 0.5) is 0 Å². The number of carbonyl (C=O) groups is 2. The minimum atomic E-state index is -0.342. The summed E-state index contributed by atoms with van der Waals surface area (Å²) in [5, 5.41) is 0. The molecule has 0 saturated carbocycles. The molecule has 0 amide bonds. The van der Waals surface area contributed by atoms with Crippen LogP contribution in [-0.4, -0.2) is 24.1 Å². The average Bonchev–Trinajstić information content (AvgIpc) is 3.11. The second-order valence-corrected chi connectivity index (χ2v) is 8.41. The Morgan fingerprint density at radius 1 is 1.14 bits per heavy atom. The summed E-state index contributed by atoms with van der Waals surface area (Å²) in [5.41, 5.74) is 2.16. The molecule has 3 rings (SSSR count).